The number of aromatic nitrogens is 3. The standard InChI is InChI=1S/C31H25F8N5OS/c1-16-26-28(31(37,38)39)43-44(16)15-25(46-9-3-7-30(26,35)36)42-24(12-17-10-19(32)14-20(33)11-17)27-21(4-2-8-41-27)18-5-6-23(34)22(13-18)29(40)45/h2,4-6,8-11,13-14,24,42H,3,7,12,15H2,1H3,(H2,40,45). The Bertz CT molecular complexity index is 1860. The summed E-state index contributed by atoms with van der Waals surface area (Å²) in [5.74, 6) is -7.37. The molecule has 1 amide bonds. The average molecular weight is 668 g/mol. The molecule has 1 unspecified atom stereocenters. The van der Waals surface area contributed by atoms with Gasteiger partial charge in [0.15, 0.2) is 5.69 Å². The van der Waals surface area contributed by atoms with Crippen LogP contribution < -0.4 is 11.1 Å². The lowest BCUT2D eigenvalue weighted by molar-refractivity contribution is -0.146. The highest BCUT2D eigenvalue weighted by molar-refractivity contribution is 7.97. The number of hydrogen-bond donors (Lipinski definition) is 2. The second-order valence-electron chi connectivity index (χ2n) is 10.6. The van der Waals surface area contributed by atoms with Crippen LogP contribution in [0.2, 0.25) is 0 Å². The van der Waals surface area contributed by atoms with Gasteiger partial charge in [-0.2, -0.15) is 18.3 Å². The Morgan fingerprint density at radius 2 is 1.83 bits per heavy atom. The van der Waals surface area contributed by atoms with E-state index in [9.17, 15) is 39.9 Å². The molecule has 0 saturated carbocycles. The van der Waals surface area contributed by atoms with Crippen molar-refractivity contribution in [2.45, 2.75) is 50.9 Å². The molecule has 1 aliphatic rings. The number of primary amides is 1. The van der Waals surface area contributed by atoms with Gasteiger partial charge in [0, 0.05) is 29.9 Å². The maximum Gasteiger partial charge on any atom is 0.435 e. The first-order valence-corrected chi connectivity index (χ1v) is 14.6. The number of carbonyl (C=O) groups excluding carboxylic acids is 1. The van der Waals surface area contributed by atoms with Crippen LogP contribution in [0.3, 0.4) is 0 Å². The molecule has 2 bridgehead atoms. The van der Waals surface area contributed by atoms with Crippen LogP contribution in [0.15, 0.2) is 54.7 Å². The Labute approximate surface area is 260 Å². The monoisotopic (exact) mass is 667 g/mol. The van der Waals surface area contributed by atoms with Crippen molar-refractivity contribution in [1.29, 1.82) is 0 Å². The third kappa shape index (κ3) is 7.04. The van der Waals surface area contributed by atoms with Gasteiger partial charge in [-0.15, -0.1) is 10.9 Å². The molecular formula is C31H25F8N5OS. The molecule has 15 heteroatoms. The number of hydrogen-bond acceptors (Lipinski definition) is 4. The molecule has 0 aliphatic carbocycles. The summed E-state index contributed by atoms with van der Waals surface area (Å²) in [6.45, 7) is 0.749. The number of alkyl halides is 5. The van der Waals surface area contributed by atoms with E-state index in [4.69, 9.17) is 5.73 Å². The van der Waals surface area contributed by atoms with Gasteiger partial charge in [-0.05, 0) is 66.6 Å². The number of rotatable bonds is 6. The Kier molecular flexibility index (Phi) is 9.18. The van der Waals surface area contributed by atoms with Gasteiger partial charge < -0.3 is 5.73 Å². The summed E-state index contributed by atoms with van der Waals surface area (Å²) in [7, 11) is 0.965. The SMILES string of the molecule is Cc1c2c(C(F)(F)F)nn1CC(NC(Cc1cc(F)cc(F)c1)c1ncccc1-c1ccc(F)c(C(N)=O)c1)=S=CCCC2(F)F. The van der Waals surface area contributed by atoms with Gasteiger partial charge >= 0.3 is 6.18 Å². The number of pyridine rings is 1. The molecule has 242 valence electrons. The zero-order valence-electron chi connectivity index (χ0n) is 23.9. The quantitative estimate of drug-likeness (QED) is 0.173. The molecule has 0 radical (unpaired) electrons. The molecule has 1 aliphatic heterocycles. The number of halogens is 8. The normalized spacial score (nSPS) is 15.5. The fourth-order valence-electron chi connectivity index (χ4n) is 5.31. The Morgan fingerprint density at radius 1 is 1.11 bits per heavy atom. The van der Waals surface area contributed by atoms with Crippen LogP contribution in [0.4, 0.5) is 35.1 Å². The second-order valence-corrected chi connectivity index (χ2v) is 11.7. The van der Waals surface area contributed by atoms with Gasteiger partial charge in [-0.1, -0.05) is 12.1 Å². The molecule has 0 fully saturated rings. The predicted octanol–water partition coefficient (Wildman–Crippen LogP) is 6.91. The highest BCUT2D eigenvalue weighted by atomic mass is 32.1. The highest BCUT2D eigenvalue weighted by Crippen LogP contribution is 2.43. The van der Waals surface area contributed by atoms with Gasteiger partial charge in [0.2, 0.25) is 0 Å². The molecular weight excluding hydrogens is 642 g/mol. The van der Waals surface area contributed by atoms with Crippen molar-refractivity contribution in [3.63, 3.8) is 0 Å². The summed E-state index contributed by atoms with van der Waals surface area (Å²) in [5, 5.41) is 8.13. The summed E-state index contributed by atoms with van der Waals surface area (Å²) in [6.07, 6.45) is -4.98. The molecule has 3 N–H and O–H groups in total. The van der Waals surface area contributed by atoms with Crippen LogP contribution in [0, 0.1) is 24.4 Å². The first-order valence-electron chi connectivity index (χ1n) is 13.8. The van der Waals surface area contributed by atoms with E-state index in [-0.39, 0.29) is 41.3 Å². The van der Waals surface area contributed by atoms with Gasteiger partial charge in [0.25, 0.3) is 11.8 Å². The molecule has 2 aromatic carbocycles. The number of fused-ring (bicyclic) bond motifs is 2. The maximum absolute atomic E-state index is 15.0. The minimum absolute atomic E-state index is 0.109. The van der Waals surface area contributed by atoms with Crippen molar-refractivity contribution >= 4 is 27.2 Å². The first-order chi connectivity index (χ1) is 21.6. The van der Waals surface area contributed by atoms with E-state index in [0.717, 1.165) is 40.7 Å². The summed E-state index contributed by atoms with van der Waals surface area (Å²) >= 11 is 0. The van der Waals surface area contributed by atoms with Crippen molar-refractivity contribution in [3.8, 4) is 11.1 Å². The van der Waals surface area contributed by atoms with Crippen molar-refractivity contribution in [2.75, 3.05) is 0 Å². The number of nitrogens with zero attached hydrogens (tertiary/aromatic N) is 3. The third-order valence-corrected chi connectivity index (χ3v) is 8.28. The lowest BCUT2D eigenvalue weighted by Crippen LogP contribution is -2.33. The van der Waals surface area contributed by atoms with Crippen LogP contribution in [-0.2, 0) is 25.1 Å². The minimum Gasteiger partial charge on any atom is -0.366 e. The first kappa shape index (κ1) is 33.0. The van der Waals surface area contributed by atoms with Gasteiger partial charge in [0.1, 0.15) is 17.5 Å². The Morgan fingerprint density at radius 3 is 2.50 bits per heavy atom. The third-order valence-electron chi connectivity index (χ3n) is 7.34. The molecule has 2 aromatic heterocycles. The summed E-state index contributed by atoms with van der Waals surface area (Å²) in [6, 6.07) is 8.79. The molecule has 0 spiro atoms. The lowest BCUT2D eigenvalue weighted by atomic mass is 9.94. The van der Waals surface area contributed by atoms with Crippen molar-refractivity contribution in [1.82, 2.24) is 20.1 Å². The van der Waals surface area contributed by atoms with E-state index < -0.39 is 64.7 Å². The smallest absolute Gasteiger partial charge is 0.366 e. The fourth-order valence-corrected chi connectivity index (χ4v) is 6.15. The highest BCUT2D eigenvalue weighted by Gasteiger charge is 2.47. The minimum atomic E-state index is -5.14. The molecule has 5 rings (SSSR count). The molecule has 4 aromatic rings. The van der Waals surface area contributed by atoms with Crippen LogP contribution in [0.5, 0.6) is 0 Å². The maximum atomic E-state index is 15.0. The number of nitrogens with two attached hydrogens (primary N) is 1. The number of nitrogens with one attached hydrogen (secondary N) is 1. The number of carbonyl (C=O) groups is 1. The van der Waals surface area contributed by atoms with Crippen molar-refractivity contribution in [2.24, 2.45) is 5.73 Å². The number of benzene rings is 2. The van der Waals surface area contributed by atoms with E-state index in [0.29, 0.717) is 17.2 Å². The topological polar surface area (TPSA) is 85.8 Å². The van der Waals surface area contributed by atoms with Crippen molar-refractivity contribution < 1.29 is 39.9 Å². The Hall–Kier alpha value is -4.37. The van der Waals surface area contributed by atoms with Crippen LogP contribution >= 0.6 is 10.9 Å². The van der Waals surface area contributed by atoms with E-state index in [1.807, 2.05) is 0 Å². The molecule has 0 saturated heterocycles. The molecule has 1 atom stereocenters. The van der Waals surface area contributed by atoms with E-state index >= 15 is 0 Å². The largest absolute Gasteiger partial charge is 0.435 e. The number of amides is 1. The summed E-state index contributed by atoms with van der Waals surface area (Å²) < 4.78 is 115. The van der Waals surface area contributed by atoms with Crippen molar-refractivity contribution in [3.05, 3.63) is 106 Å². The van der Waals surface area contributed by atoms with E-state index in [2.05, 4.69) is 15.4 Å². The predicted molar refractivity (Wildman–Crippen MR) is 158 cm³/mol. The Balaban J connectivity index is 1.63. The summed E-state index contributed by atoms with van der Waals surface area (Å²) in [4.78, 5) is 16.6. The molecule has 3 heterocycles. The molecule has 6 nitrogen and oxygen atoms in total. The zero-order valence-corrected chi connectivity index (χ0v) is 24.8. The van der Waals surface area contributed by atoms with Gasteiger partial charge in [0.05, 0.1) is 34.4 Å². The van der Waals surface area contributed by atoms with E-state index in [1.165, 1.54) is 23.7 Å². The summed E-state index contributed by atoms with van der Waals surface area (Å²) in [5.41, 5.74) is 2.86. The average Bonchev–Trinajstić information content (AvgIpc) is 3.30. The van der Waals surface area contributed by atoms with E-state index in [1.54, 1.807) is 12.1 Å². The molecule has 46 heavy (non-hydrogen) atoms. The van der Waals surface area contributed by atoms with Crippen LogP contribution in [-0.4, -0.2) is 31.0 Å². The zero-order chi connectivity index (χ0) is 33.4. The van der Waals surface area contributed by atoms with Gasteiger partial charge in [-0.25, -0.2) is 22.0 Å². The van der Waals surface area contributed by atoms with Crippen LogP contribution in [0.25, 0.3) is 11.1 Å². The van der Waals surface area contributed by atoms with Crippen LogP contribution in [0.1, 0.15) is 57.5 Å². The van der Waals surface area contributed by atoms with Gasteiger partial charge in [-0.3, -0.25) is 19.8 Å². The fraction of sp³-hybridized carbons (Fsp3) is 0.258. The second kappa shape index (κ2) is 12.8. The lowest BCUT2D eigenvalue weighted by Gasteiger charge is -2.23.